The van der Waals surface area contributed by atoms with E-state index in [4.69, 9.17) is 5.73 Å². The minimum absolute atomic E-state index is 0.129. The molecule has 1 aromatic rings. The van der Waals surface area contributed by atoms with E-state index in [-0.39, 0.29) is 17.4 Å². The van der Waals surface area contributed by atoms with Gasteiger partial charge in [-0.15, -0.1) is 0 Å². The number of nitrogens with two attached hydrogens (primary N) is 1. The number of rotatable bonds is 5. The molecule has 2 unspecified atom stereocenters. The zero-order valence-corrected chi connectivity index (χ0v) is 14.8. The summed E-state index contributed by atoms with van der Waals surface area (Å²) in [5.74, 6) is -0.490. The fraction of sp³-hybridized carbons (Fsp3) is 0.529. The molecule has 6 heteroatoms. The Labute approximate surface area is 144 Å². The molecule has 0 bridgehead atoms. The van der Waals surface area contributed by atoms with Crippen LogP contribution in [0.15, 0.2) is 28.7 Å². The van der Waals surface area contributed by atoms with Crippen LogP contribution in [0, 0.1) is 11.8 Å². The summed E-state index contributed by atoms with van der Waals surface area (Å²) >= 11 is 3.41. The van der Waals surface area contributed by atoms with Gasteiger partial charge in [-0.05, 0) is 50.3 Å². The van der Waals surface area contributed by atoms with Gasteiger partial charge in [0.15, 0.2) is 0 Å². The monoisotopic (exact) mass is 379 g/mol. The summed E-state index contributed by atoms with van der Waals surface area (Å²) < 4.78 is 0.917. The van der Waals surface area contributed by atoms with E-state index in [0.717, 1.165) is 23.0 Å². The summed E-state index contributed by atoms with van der Waals surface area (Å²) in [6, 6.07) is 7.58. The van der Waals surface area contributed by atoms with Crippen molar-refractivity contribution in [3.63, 3.8) is 0 Å². The predicted octanol–water partition coefficient (Wildman–Crippen LogP) is 2.05. The highest BCUT2D eigenvalue weighted by molar-refractivity contribution is 9.10. The maximum atomic E-state index is 12.6. The molecule has 1 aromatic carbocycles. The Morgan fingerprint density at radius 1 is 1.43 bits per heavy atom. The van der Waals surface area contributed by atoms with E-state index in [2.05, 4.69) is 21.2 Å². The third kappa shape index (κ3) is 3.28. The molecule has 0 spiro atoms. The molecular formula is C17H22BrN3O2. The number of nitrogens with zero attached hydrogens (tertiary/aromatic N) is 1. The van der Waals surface area contributed by atoms with Crippen LogP contribution in [0.3, 0.4) is 0 Å². The number of anilines is 1. The van der Waals surface area contributed by atoms with Crippen LogP contribution in [0.25, 0.3) is 0 Å². The van der Waals surface area contributed by atoms with Gasteiger partial charge in [-0.2, -0.15) is 0 Å². The van der Waals surface area contributed by atoms with E-state index < -0.39 is 5.92 Å². The van der Waals surface area contributed by atoms with Gasteiger partial charge in [-0.1, -0.05) is 22.0 Å². The summed E-state index contributed by atoms with van der Waals surface area (Å²) in [5.41, 5.74) is 6.28. The Morgan fingerprint density at radius 3 is 2.78 bits per heavy atom. The Hall–Kier alpha value is -1.40. The molecule has 0 aromatic heterocycles. The Bertz CT molecular complexity index is 632. The number of amides is 2. The van der Waals surface area contributed by atoms with Gasteiger partial charge in [-0.25, -0.2) is 0 Å². The normalized spacial score (nSPS) is 23.7. The van der Waals surface area contributed by atoms with Crippen LogP contribution in [0.1, 0.15) is 26.2 Å². The van der Waals surface area contributed by atoms with E-state index in [1.165, 1.54) is 0 Å². The first-order valence-electron chi connectivity index (χ1n) is 8.03. The van der Waals surface area contributed by atoms with E-state index in [0.29, 0.717) is 25.4 Å². The van der Waals surface area contributed by atoms with E-state index >= 15 is 0 Å². The largest absolute Gasteiger partial charge is 0.349 e. The molecule has 2 atom stereocenters. The van der Waals surface area contributed by atoms with Crippen LogP contribution < -0.4 is 16.0 Å². The number of carbonyl (C=O) groups is 2. The first kappa shape index (κ1) is 16.5. The Kier molecular flexibility index (Phi) is 4.47. The molecular weight excluding hydrogens is 358 g/mol. The molecule has 1 saturated heterocycles. The molecule has 1 saturated carbocycles. The fourth-order valence-electron chi connectivity index (χ4n) is 3.23. The summed E-state index contributed by atoms with van der Waals surface area (Å²) in [4.78, 5) is 26.9. The highest BCUT2D eigenvalue weighted by Gasteiger charge is 2.45. The molecule has 1 heterocycles. The number of nitrogens with one attached hydrogen (secondary N) is 1. The van der Waals surface area contributed by atoms with Gasteiger partial charge in [0.1, 0.15) is 5.92 Å². The molecule has 124 valence electrons. The summed E-state index contributed by atoms with van der Waals surface area (Å²) in [7, 11) is 0. The van der Waals surface area contributed by atoms with Crippen molar-refractivity contribution in [1.29, 1.82) is 0 Å². The molecule has 2 amide bonds. The van der Waals surface area contributed by atoms with Crippen LogP contribution in [0.4, 0.5) is 5.69 Å². The van der Waals surface area contributed by atoms with Gasteiger partial charge in [0.25, 0.3) is 0 Å². The first-order valence-corrected chi connectivity index (χ1v) is 8.83. The van der Waals surface area contributed by atoms with Gasteiger partial charge in [0.2, 0.25) is 11.8 Å². The molecule has 3 rings (SSSR count). The van der Waals surface area contributed by atoms with E-state index in [1.54, 1.807) is 4.90 Å². The predicted molar refractivity (Wildman–Crippen MR) is 92.9 cm³/mol. The van der Waals surface area contributed by atoms with Gasteiger partial charge in [-0.3, -0.25) is 9.59 Å². The van der Waals surface area contributed by atoms with Crippen molar-refractivity contribution in [2.24, 2.45) is 17.6 Å². The Morgan fingerprint density at radius 2 is 2.17 bits per heavy atom. The quantitative estimate of drug-likeness (QED) is 0.768. The topological polar surface area (TPSA) is 75.4 Å². The summed E-state index contributed by atoms with van der Waals surface area (Å²) in [5, 5.41) is 3.04. The molecule has 1 aliphatic heterocycles. The van der Waals surface area contributed by atoms with Crippen LogP contribution >= 0.6 is 15.9 Å². The second kappa shape index (κ2) is 6.24. The molecule has 2 aliphatic rings. The van der Waals surface area contributed by atoms with Gasteiger partial charge >= 0.3 is 0 Å². The van der Waals surface area contributed by atoms with Gasteiger partial charge < -0.3 is 16.0 Å². The maximum Gasteiger partial charge on any atom is 0.239 e. The molecule has 5 nitrogen and oxygen atoms in total. The Balaban J connectivity index is 1.70. The standard InChI is InChI=1S/C17H22BrN3O2/c1-17(10-19,11-5-6-11)20-15(22)14-7-8-21(16(14)23)13-4-2-3-12(18)9-13/h2-4,9,11,14H,5-8,10,19H2,1H3,(H,20,22). The average Bonchev–Trinajstić information content (AvgIpc) is 3.30. The molecule has 1 aliphatic carbocycles. The highest BCUT2D eigenvalue weighted by Crippen LogP contribution is 2.39. The smallest absolute Gasteiger partial charge is 0.239 e. The zero-order chi connectivity index (χ0) is 16.6. The van der Waals surface area contributed by atoms with Crippen LogP contribution in [-0.4, -0.2) is 30.4 Å². The highest BCUT2D eigenvalue weighted by atomic mass is 79.9. The number of hydrogen-bond acceptors (Lipinski definition) is 3. The van der Waals surface area contributed by atoms with Crippen molar-refractivity contribution in [3.8, 4) is 0 Å². The van der Waals surface area contributed by atoms with Crippen molar-refractivity contribution in [2.75, 3.05) is 18.0 Å². The van der Waals surface area contributed by atoms with Crippen LogP contribution in [0.5, 0.6) is 0 Å². The lowest BCUT2D eigenvalue weighted by Gasteiger charge is -2.30. The van der Waals surface area contributed by atoms with E-state index in [1.807, 2.05) is 31.2 Å². The molecule has 0 radical (unpaired) electrons. The summed E-state index contributed by atoms with van der Waals surface area (Å²) in [6.45, 7) is 2.95. The number of benzene rings is 1. The second-order valence-corrected chi connectivity index (χ2v) is 7.61. The van der Waals surface area contributed by atoms with Gasteiger partial charge in [0.05, 0.1) is 5.54 Å². The van der Waals surface area contributed by atoms with Crippen molar-refractivity contribution < 1.29 is 9.59 Å². The van der Waals surface area contributed by atoms with Crippen molar-refractivity contribution >= 4 is 33.4 Å². The van der Waals surface area contributed by atoms with Crippen molar-refractivity contribution in [1.82, 2.24) is 5.32 Å². The zero-order valence-electron chi connectivity index (χ0n) is 13.2. The lowest BCUT2D eigenvalue weighted by Crippen LogP contribution is -2.55. The average molecular weight is 380 g/mol. The lowest BCUT2D eigenvalue weighted by molar-refractivity contribution is -0.133. The minimum atomic E-state index is -0.612. The second-order valence-electron chi connectivity index (χ2n) is 6.70. The number of halogens is 1. The molecule has 3 N–H and O–H groups in total. The first-order chi connectivity index (χ1) is 10.9. The maximum absolute atomic E-state index is 12.6. The lowest BCUT2D eigenvalue weighted by atomic mass is 9.94. The SMILES string of the molecule is CC(CN)(NC(=O)C1CCN(c2cccc(Br)c2)C1=O)C1CC1. The molecule has 23 heavy (non-hydrogen) atoms. The number of hydrogen-bond donors (Lipinski definition) is 2. The fourth-order valence-corrected chi connectivity index (χ4v) is 3.62. The summed E-state index contributed by atoms with van der Waals surface area (Å²) in [6.07, 6.45) is 2.73. The van der Waals surface area contributed by atoms with Crippen LogP contribution in [-0.2, 0) is 9.59 Å². The van der Waals surface area contributed by atoms with Crippen molar-refractivity contribution in [3.05, 3.63) is 28.7 Å². The third-order valence-corrected chi connectivity index (χ3v) is 5.45. The number of carbonyl (C=O) groups excluding carboxylic acids is 2. The van der Waals surface area contributed by atoms with Gasteiger partial charge in [0, 0.05) is 23.2 Å². The third-order valence-electron chi connectivity index (χ3n) is 4.95. The minimum Gasteiger partial charge on any atom is -0.349 e. The molecule has 2 fully saturated rings. The van der Waals surface area contributed by atoms with Crippen molar-refractivity contribution in [2.45, 2.75) is 31.7 Å². The van der Waals surface area contributed by atoms with Crippen LogP contribution in [0.2, 0.25) is 0 Å². The van der Waals surface area contributed by atoms with E-state index in [9.17, 15) is 9.59 Å².